The minimum Gasteiger partial charge on any atom is -0.478 e. The van der Waals surface area contributed by atoms with Gasteiger partial charge in [0.05, 0.1) is 10.5 Å². The number of carbonyl (C=O) groups is 1. The summed E-state index contributed by atoms with van der Waals surface area (Å²) in [6, 6.07) is 2.55. The summed E-state index contributed by atoms with van der Waals surface area (Å²) in [5.74, 6) is -1.13. The molecule has 0 saturated carbocycles. The molecule has 0 aliphatic heterocycles. The summed E-state index contributed by atoms with van der Waals surface area (Å²) in [6.45, 7) is 9.11. The van der Waals surface area contributed by atoms with Crippen LogP contribution in [0.15, 0.2) is 17.0 Å². The molecule has 0 aliphatic carbocycles. The van der Waals surface area contributed by atoms with Gasteiger partial charge in [0.25, 0.3) is 0 Å². The Hall–Kier alpha value is -1.40. The van der Waals surface area contributed by atoms with Gasteiger partial charge in [-0.25, -0.2) is 13.2 Å². The smallest absolute Gasteiger partial charge is 0.335 e. The Balaban J connectivity index is 3.56. The number of aromatic carboxylic acids is 1. The maximum atomic E-state index is 12.7. The summed E-state index contributed by atoms with van der Waals surface area (Å²) in [5, 5.41) is 9.09. The van der Waals surface area contributed by atoms with E-state index in [9.17, 15) is 13.2 Å². The Bertz CT molecular complexity index is 620. The fourth-order valence-electron chi connectivity index (χ4n) is 2.16. The lowest BCUT2D eigenvalue weighted by molar-refractivity contribution is 0.0696. The number of benzene rings is 1. The van der Waals surface area contributed by atoms with Gasteiger partial charge in [-0.2, -0.15) is 4.31 Å². The Morgan fingerprint density at radius 1 is 1.30 bits per heavy atom. The number of carboxylic acid groups (broad SMARTS) is 1. The van der Waals surface area contributed by atoms with E-state index in [0.717, 1.165) is 0 Å². The predicted molar refractivity (Wildman–Crippen MR) is 77.6 cm³/mol. The standard InChI is InChI=1S/C14H21NO4S/c1-6-15(9(2)3)20(18,19)13-8-12(14(16)17)7-10(4)11(13)5/h7-9H,6H2,1-5H3,(H,16,17). The Morgan fingerprint density at radius 3 is 2.25 bits per heavy atom. The molecule has 0 atom stereocenters. The molecule has 0 aliphatic rings. The molecule has 20 heavy (non-hydrogen) atoms. The maximum Gasteiger partial charge on any atom is 0.335 e. The first kappa shape index (κ1) is 16.7. The second-order valence-corrected chi connectivity index (χ2v) is 6.88. The van der Waals surface area contributed by atoms with E-state index < -0.39 is 16.0 Å². The third-order valence-electron chi connectivity index (χ3n) is 3.34. The van der Waals surface area contributed by atoms with E-state index in [1.54, 1.807) is 34.6 Å². The van der Waals surface area contributed by atoms with E-state index in [4.69, 9.17) is 5.11 Å². The molecular weight excluding hydrogens is 278 g/mol. The molecule has 0 aromatic heterocycles. The monoisotopic (exact) mass is 299 g/mol. The Labute approximate surface area is 120 Å². The summed E-state index contributed by atoms with van der Waals surface area (Å²) in [7, 11) is -3.69. The van der Waals surface area contributed by atoms with Crippen LogP contribution in [0.1, 0.15) is 42.3 Å². The van der Waals surface area contributed by atoms with E-state index in [2.05, 4.69) is 0 Å². The first-order valence-corrected chi connectivity index (χ1v) is 7.93. The van der Waals surface area contributed by atoms with Crippen molar-refractivity contribution >= 4 is 16.0 Å². The fraction of sp³-hybridized carbons (Fsp3) is 0.500. The number of hydrogen-bond acceptors (Lipinski definition) is 3. The van der Waals surface area contributed by atoms with Crippen molar-refractivity contribution in [1.29, 1.82) is 0 Å². The minimum atomic E-state index is -3.69. The fourth-order valence-corrected chi connectivity index (χ4v) is 4.13. The zero-order chi connectivity index (χ0) is 15.7. The van der Waals surface area contributed by atoms with Gasteiger partial charge in [0.1, 0.15) is 0 Å². The van der Waals surface area contributed by atoms with Crippen LogP contribution in [0.5, 0.6) is 0 Å². The van der Waals surface area contributed by atoms with E-state index in [1.165, 1.54) is 16.4 Å². The number of aryl methyl sites for hydroxylation is 1. The lowest BCUT2D eigenvalue weighted by Crippen LogP contribution is -2.37. The lowest BCUT2D eigenvalue weighted by atomic mass is 10.1. The third-order valence-corrected chi connectivity index (χ3v) is 5.62. The van der Waals surface area contributed by atoms with Crippen LogP contribution in [0.25, 0.3) is 0 Å². The summed E-state index contributed by atoms with van der Waals surface area (Å²) in [4.78, 5) is 11.2. The first-order valence-electron chi connectivity index (χ1n) is 6.49. The Kier molecular flexibility index (Phi) is 4.94. The minimum absolute atomic E-state index is 0.00789. The highest BCUT2D eigenvalue weighted by molar-refractivity contribution is 7.89. The molecule has 5 nitrogen and oxygen atoms in total. The van der Waals surface area contributed by atoms with Crippen molar-refractivity contribution in [3.63, 3.8) is 0 Å². The molecule has 1 aromatic carbocycles. The highest BCUT2D eigenvalue weighted by Gasteiger charge is 2.28. The summed E-state index contributed by atoms with van der Waals surface area (Å²) >= 11 is 0. The second-order valence-electron chi connectivity index (χ2n) is 5.02. The van der Waals surface area contributed by atoms with Crippen LogP contribution in [0.4, 0.5) is 0 Å². The maximum absolute atomic E-state index is 12.7. The van der Waals surface area contributed by atoms with Gasteiger partial charge >= 0.3 is 5.97 Å². The van der Waals surface area contributed by atoms with Crippen LogP contribution in [0, 0.1) is 13.8 Å². The van der Waals surface area contributed by atoms with Crippen molar-refractivity contribution in [2.45, 2.75) is 45.6 Å². The number of nitrogens with zero attached hydrogens (tertiary/aromatic N) is 1. The second kappa shape index (κ2) is 5.93. The van der Waals surface area contributed by atoms with Gasteiger partial charge in [-0.1, -0.05) is 6.92 Å². The van der Waals surface area contributed by atoms with Crippen molar-refractivity contribution < 1.29 is 18.3 Å². The third kappa shape index (κ3) is 3.02. The SMILES string of the molecule is CCN(C(C)C)S(=O)(=O)c1cc(C(=O)O)cc(C)c1C. The van der Waals surface area contributed by atoms with Crippen molar-refractivity contribution in [2.24, 2.45) is 0 Å². The van der Waals surface area contributed by atoms with Crippen molar-refractivity contribution in [1.82, 2.24) is 4.31 Å². The molecule has 1 aromatic rings. The predicted octanol–water partition coefficient (Wildman–Crippen LogP) is 2.42. The molecule has 112 valence electrons. The molecule has 0 radical (unpaired) electrons. The molecule has 0 spiro atoms. The average Bonchev–Trinajstić information content (AvgIpc) is 2.31. The zero-order valence-electron chi connectivity index (χ0n) is 12.5. The molecule has 1 rings (SSSR count). The van der Waals surface area contributed by atoms with Gasteiger partial charge in [0, 0.05) is 12.6 Å². The average molecular weight is 299 g/mol. The van der Waals surface area contributed by atoms with Gasteiger partial charge in [-0.05, 0) is 51.0 Å². The summed E-state index contributed by atoms with van der Waals surface area (Å²) in [6.07, 6.45) is 0. The van der Waals surface area contributed by atoms with Crippen LogP contribution in [0.3, 0.4) is 0 Å². The van der Waals surface area contributed by atoms with Gasteiger partial charge in [-0.3, -0.25) is 0 Å². The van der Waals surface area contributed by atoms with Crippen molar-refractivity contribution in [3.8, 4) is 0 Å². The molecule has 0 fully saturated rings. The van der Waals surface area contributed by atoms with Crippen molar-refractivity contribution in [3.05, 3.63) is 28.8 Å². The van der Waals surface area contributed by atoms with E-state index in [-0.39, 0.29) is 16.5 Å². The number of rotatable bonds is 5. The van der Waals surface area contributed by atoms with Crippen LogP contribution >= 0.6 is 0 Å². The van der Waals surface area contributed by atoms with Crippen LogP contribution in [-0.4, -0.2) is 36.4 Å². The number of hydrogen-bond donors (Lipinski definition) is 1. The van der Waals surface area contributed by atoms with Crippen LogP contribution in [-0.2, 0) is 10.0 Å². The van der Waals surface area contributed by atoms with Gasteiger partial charge in [-0.15, -0.1) is 0 Å². The molecule has 1 N–H and O–H groups in total. The van der Waals surface area contributed by atoms with Gasteiger partial charge in [0.15, 0.2) is 0 Å². The number of carboxylic acids is 1. The quantitative estimate of drug-likeness (QED) is 0.906. The molecular formula is C14H21NO4S. The van der Waals surface area contributed by atoms with E-state index in [1.807, 2.05) is 0 Å². The molecule has 0 saturated heterocycles. The van der Waals surface area contributed by atoms with Crippen molar-refractivity contribution in [2.75, 3.05) is 6.54 Å². The van der Waals surface area contributed by atoms with Gasteiger partial charge < -0.3 is 5.11 Å². The lowest BCUT2D eigenvalue weighted by Gasteiger charge is -2.25. The molecule has 0 unspecified atom stereocenters. The molecule has 0 bridgehead atoms. The van der Waals surface area contributed by atoms with E-state index >= 15 is 0 Å². The first-order chi connectivity index (χ1) is 9.12. The summed E-state index contributed by atoms with van der Waals surface area (Å²) < 4.78 is 26.7. The largest absolute Gasteiger partial charge is 0.478 e. The molecule has 0 amide bonds. The molecule has 0 heterocycles. The van der Waals surface area contributed by atoms with Crippen LogP contribution < -0.4 is 0 Å². The normalized spacial score (nSPS) is 12.2. The Morgan fingerprint density at radius 2 is 1.85 bits per heavy atom. The number of sulfonamides is 1. The van der Waals surface area contributed by atoms with Crippen LogP contribution in [0.2, 0.25) is 0 Å². The molecule has 6 heteroatoms. The zero-order valence-corrected chi connectivity index (χ0v) is 13.3. The topological polar surface area (TPSA) is 74.7 Å². The summed E-state index contributed by atoms with van der Waals surface area (Å²) in [5.41, 5.74) is 1.24. The van der Waals surface area contributed by atoms with E-state index in [0.29, 0.717) is 17.7 Å². The highest BCUT2D eigenvalue weighted by Crippen LogP contribution is 2.25. The highest BCUT2D eigenvalue weighted by atomic mass is 32.2. The van der Waals surface area contributed by atoms with Gasteiger partial charge in [0.2, 0.25) is 10.0 Å².